The summed E-state index contributed by atoms with van der Waals surface area (Å²) in [4.78, 5) is 0. The van der Waals surface area contributed by atoms with Crippen LogP contribution < -0.4 is 5.73 Å². The molecule has 3 rings (SSSR count). The van der Waals surface area contributed by atoms with Gasteiger partial charge in [0.1, 0.15) is 5.41 Å². The molecule has 0 aliphatic carbocycles. The number of anilines is 1. The fourth-order valence-electron chi connectivity index (χ4n) is 2.88. The van der Waals surface area contributed by atoms with Crippen molar-refractivity contribution in [3.8, 4) is 6.07 Å². The van der Waals surface area contributed by atoms with Gasteiger partial charge in [-0.3, -0.25) is 0 Å². The zero-order valence-corrected chi connectivity index (χ0v) is 12.1. The van der Waals surface area contributed by atoms with Gasteiger partial charge in [-0.1, -0.05) is 78.9 Å². The van der Waals surface area contributed by atoms with Crippen LogP contribution in [0.5, 0.6) is 0 Å². The minimum atomic E-state index is -0.909. The number of hydrogen-bond acceptors (Lipinski definition) is 2. The Kier molecular flexibility index (Phi) is 3.64. The molecule has 0 aliphatic heterocycles. The Morgan fingerprint density at radius 3 is 1.59 bits per heavy atom. The van der Waals surface area contributed by atoms with Gasteiger partial charge in [-0.15, -0.1) is 0 Å². The van der Waals surface area contributed by atoms with E-state index < -0.39 is 5.41 Å². The highest BCUT2D eigenvalue weighted by Crippen LogP contribution is 2.40. The molecule has 2 N–H and O–H groups in total. The van der Waals surface area contributed by atoms with E-state index in [1.165, 1.54) is 0 Å². The van der Waals surface area contributed by atoms with Crippen molar-refractivity contribution in [3.05, 3.63) is 102 Å². The van der Waals surface area contributed by atoms with Crippen LogP contribution in [0, 0.1) is 11.3 Å². The van der Waals surface area contributed by atoms with Crippen molar-refractivity contribution < 1.29 is 0 Å². The van der Waals surface area contributed by atoms with Crippen LogP contribution in [-0.2, 0) is 5.41 Å². The van der Waals surface area contributed by atoms with Gasteiger partial charge in [0.15, 0.2) is 0 Å². The molecule has 0 aliphatic rings. The largest absolute Gasteiger partial charge is 0.398 e. The summed E-state index contributed by atoms with van der Waals surface area (Å²) in [6, 6.07) is 29.7. The maximum absolute atomic E-state index is 10.2. The number of nitrogens with two attached hydrogens (primary N) is 1. The first-order valence-electron chi connectivity index (χ1n) is 7.16. The van der Waals surface area contributed by atoms with Crippen molar-refractivity contribution >= 4 is 5.69 Å². The van der Waals surface area contributed by atoms with Gasteiger partial charge in [0.2, 0.25) is 0 Å². The Morgan fingerprint density at radius 2 is 1.14 bits per heavy atom. The molecule has 0 radical (unpaired) electrons. The van der Waals surface area contributed by atoms with Crippen LogP contribution in [0.15, 0.2) is 84.9 Å². The van der Waals surface area contributed by atoms with Crippen molar-refractivity contribution in [2.45, 2.75) is 5.41 Å². The lowest BCUT2D eigenvalue weighted by molar-refractivity contribution is 0.798. The van der Waals surface area contributed by atoms with Crippen molar-refractivity contribution in [2.24, 2.45) is 0 Å². The summed E-state index contributed by atoms with van der Waals surface area (Å²) >= 11 is 0. The Morgan fingerprint density at radius 1 is 0.682 bits per heavy atom. The zero-order valence-electron chi connectivity index (χ0n) is 12.1. The molecule has 0 heterocycles. The van der Waals surface area contributed by atoms with Crippen LogP contribution in [0.25, 0.3) is 0 Å². The van der Waals surface area contributed by atoms with E-state index in [1.807, 2.05) is 84.9 Å². The predicted molar refractivity (Wildman–Crippen MR) is 89.2 cm³/mol. The normalized spacial score (nSPS) is 10.9. The lowest BCUT2D eigenvalue weighted by atomic mass is 9.70. The molecule has 0 atom stereocenters. The van der Waals surface area contributed by atoms with Crippen LogP contribution >= 0.6 is 0 Å². The van der Waals surface area contributed by atoms with Crippen LogP contribution in [-0.4, -0.2) is 0 Å². The molecule has 0 amide bonds. The van der Waals surface area contributed by atoms with E-state index in [9.17, 15) is 5.26 Å². The van der Waals surface area contributed by atoms with Gasteiger partial charge in [0.25, 0.3) is 0 Å². The molecular weight excluding hydrogens is 268 g/mol. The van der Waals surface area contributed by atoms with E-state index in [1.54, 1.807) is 0 Å². The van der Waals surface area contributed by atoms with Gasteiger partial charge >= 0.3 is 0 Å². The average Bonchev–Trinajstić information content (AvgIpc) is 2.59. The Hall–Kier alpha value is -3.05. The van der Waals surface area contributed by atoms with Gasteiger partial charge in [-0.25, -0.2) is 0 Å². The molecule has 106 valence electrons. The zero-order chi connectivity index (χ0) is 15.4. The predicted octanol–water partition coefficient (Wildman–Crippen LogP) is 4.13. The molecule has 3 aromatic rings. The molecule has 3 aromatic carbocycles. The Bertz CT molecular complexity index is 762. The summed E-state index contributed by atoms with van der Waals surface area (Å²) in [5.41, 5.74) is 8.57. The van der Waals surface area contributed by atoms with Crippen LogP contribution in [0.4, 0.5) is 5.69 Å². The summed E-state index contributed by atoms with van der Waals surface area (Å²) < 4.78 is 0. The quantitative estimate of drug-likeness (QED) is 0.581. The monoisotopic (exact) mass is 284 g/mol. The summed E-state index contributed by atoms with van der Waals surface area (Å²) in [6.07, 6.45) is 0. The lowest BCUT2D eigenvalue weighted by Gasteiger charge is -2.29. The van der Waals surface area contributed by atoms with Crippen molar-refractivity contribution in [1.82, 2.24) is 0 Å². The Balaban J connectivity index is 2.37. The fourth-order valence-corrected chi connectivity index (χ4v) is 2.88. The van der Waals surface area contributed by atoms with Gasteiger partial charge in [-0.05, 0) is 17.2 Å². The second-order valence-electron chi connectivity index (χ2n) is 5.18. The second kappa shape index (κ2) is 5.75. The Labute approximate surface area is 130 Å². The maximum atomic E-state index is 10.2. The van der Waals surface area contributed by atoms with Crippen LogP contribution in [0.1, 0.15) is 16.7 Å². The lowest BCUT2D eigenvalue weighted by Crippen LogP contribution is -2.28. The minimum Gasteiger partial charge on any atom is -0.398 e. The van der Waals surface area contributed by atoms with E-state index in [2.05, 4.69) is 6.07 Å². The SMILES string of the molecule is N#CC(c1ccccc1)(c1ccccc1)c1ccccc1N. The minimum absolute atomic E-state index is 0.622. The maximum Gasteiger partial charge on any atom is 0.134 e. The number of nitrogens with zero attached hydrogens (tertiary/aromatic N) is 1. The molecule has 2 nitrogen and oxygen atoms in total. The summed E-state index contributed by atoms with van der Waals surface area (Å²) in [5.74, 6) is 0. The molecular formula is C20H16N2. The first kappa shape index (κ1) is 13.9. The third kappa shape index (κ3) is 2.13. The third-order valence-corrected chi connectivity index (χ3v) is 3.95. The summed E-state index contributed by atoms with van der Waals surface area (Å²) in [6.45, 7) is 0. The van der Waals surface area contributed by atoms with Gasteiger partial charge < -0.3 is 5.73 Å². The van der Waals surface area contributed by atoms with Gasteiger partial charge in [-0.2, -0.15) is 5.26 Å². The average molecular weight is 284 g/mol. The standard InChI is InChI=1S/C20H16N2/c21-15-20(16-9-3-1-4-10-16,17-11-5-2-6-12-17)18-13-7-8-14-19(18)22/h1-14H,22H2. The number of benzene rings is 3. The molecule has 0 saturated carbocycles. The highest BCUT2D eigenvalue weighted by Gasteiger charge is 2.37. The van der Waals surface area contributed by atoms with E-state index in [0.717, 1.165) is 16.7 Å². The molecule has 0 fully saturated rings. The van der Waals surface area contributed by atoms with Crippen LogP contribution in [0.3, 0.4) is 0 Å². The fraction of sp³-hybridized carbons (Fsp3) is 0.0500. The highest BCUT2D eigenvalue weighted by atomic mass is 14.6. The highest BCUT2D eigenvalue weighted by molar-refractivity contribution is 5.64. The molecule has 0 unspecified atom stereocenters. The number of para-hydroxylation sites is 1. The molecule has 0 bridgehead atoms. The number of nitrogen functional groups attached to an aromatic ring is 1. The number of nitriles is 1. The molecule has 0 spiro atoms. The van der Waals surface area contributed by atoms with Crippen molar-refractivity contribution in [1.29, 1.82) is 5.26 Å². The van der Waals surface area contributed by atoms with Gasteiger partial charge in [0, 0.05) is 11.3 Å². The van der Waals surface area contributed by atoms with E-state index in [0.29, 0.717) is 5.69 Å². The third-order valence-electron chi connectivity index (χ3n) is 3.95. The second-order valence-corrected chi connectivity index (χ2v) is 5.18. The van der Waals surface area contributed by atoms with Gasteiger partial charge in [0.05, 0.1) is 6.07 Å². The van der Waals surface area contributed by atoms with E-state index in [4.69, 9.17) is 5.73 Å². The summed E-state index contributed by atoms with van der Waals surface area (Å²) in [5, 5.41) is 10.2. The first-order chi connectivity index (χ1) is 10.8. The van der Waals surface area contributed by atoms with E-state index >= 15 is 0 Å². The first-order valence-corrected chi connectivity index (χ1v) is 7.16. The van der Waals surface area contributed by atoms with Crippen LogP contribution in [0.2, 0.25) is 0 Å². The molecule has 22 heavy (non-hydrogen) atoms. The van der Waals surface area contributed by atoms with Crippen molar-refractivity contribution in [2.75, 3.05) is 5.73 Å². The van der Waals surface area contributed by atoms with E-state index in [-0.39, 0.29) is 0 Å². The summed E-state index contributed by atoms with van der Waals surface area (Å²) in [7, 11) is 0. The molecule has 0 saturated heterocycles. The molecule has 0 aromatic heterocycles. The van der Waals surface area contributed by atoms with Crippen molar-refractivity contribution in [3.63, 3.8) is 0 Å². The number of rotatable bonds is 3. The smallest absolute Gasteiger partial charge is 0.134 e. The molecule has 2 heteroatoms. The number of hydrogen-bond donors (Lipinski definition) is 1. The topological polar surface area (TPSA) is 49.8 Å².